The number of fused-ring (bicyclic) bond motifs is 1. The molecule has 7 nitrogen and oxygen atoms in total. The van der Waals surface area contributed by atoms with Gasteiger partial charge >= 0.3 is 0 Å². The average Bonchev–Trinajstić information content (AvgIpc) is 2.95. The Morgan fingerprint density at radius 1 is 1.43 bits per heavy atom. The van der Waals surface area contributed by atoms with Crippen molar-refractivity contribution in [1.82, 2.24) is 19.9 Å². The predicted octanol–water partition coefficient (Wildman–Crippen LogP) is 2.08. The summed E-state index contributed by atoms with van der Waals surface area (Å²) in [6, 6.07) is 0.319. The van der Waals surface area contributed by atoms with Crippen molar-refractivity contribution in [2.24, 2.45) is 0 Å². The van der Waals surface area contributed by atoms with Gasteiger partial charge in [-0.3, -0.25) is 0 Å². The number of anilines is 2. The lowest BCUT2D eigenvalue weighted by atomic mass is 9.86. The minimum atomic E-state index is -0.0262. The van der Waals surface area contributed by atoms with Gasteiger partial charge in [0.2, 0.25) is 5.95 Å². The largest absolute Gasteiger partial charge is 0.375 e. The van der Waals surface area contributed by atoms with E-state index in [4.69, 9.17) is 10.5 Å². The van der Waals surface area contributed by atoms with E-state index in [1.807, 2.05) is 0 Å². The van der Waals surface area contributed by atoms with Crippen LogP contribution in [0.5, 0.6) is 0 Å². The van der Waals surface area contributed by atoms with E-state index in [9.17, 15) is 0 Å². The molecule has 2 aromatic rings. The molecular weight excluding hydrogens is 268 g/mol. The standard InChI is InChI=1S/C14H22N6O/c1-3-14(4-2)7-9(5-6-21-14)18-12-10-11(17-8-16-10)19-13(15)20-12/h8-9H,3-7H2,1-2H3,(H4,15,16,17,18,19,20). The fourth-order valence-electron chi connectivity index (χ4n) is 3.04. The summed E-state index contributed by atoms with van der Waals surface area (Å²) in [6.45, 7) is 5.13. The second kappa shape index (κ2) is 5.48. The van der Waals surface area contributed by atoms with Gasteiger partial charge in [-0.1, -0.05) is 13.8 Å². The molecule has 2 aromatic heterocycles. The second-order valence-corrected chi connectivity index (χ2v) is 5.60. The van der Waals surface area contributed by atoms with Crippen LogP contribution in [0.25, 0.3) is 11.2 Å². The molecule has 0 aliphatic carbocycles. The SMILES string of the molecule is CCC1(CC)CC(Nc2nc(N)nc3nc[nH]c23)CCO1. The molecule has 1 atom stereocenters. The maximum absolute atomic E-state index is 6.01. The highest BCUT2D eigenvalue weighted by Crippen LogP contribution is 2.33. The Balaban J connectivity index is 1.83. The van der Waals surface area contributed by atoms with Crippen molar-refractivity contribution in [3.8, 4) is 0 Å². The number of hydrogen-bond acceptors (Lipinski definition) is 6. The van der Waals surface area contributed by atoms with E-state index in [1.165, 1.54) is 0 Å². The Labute approximate surface area is 123 Å². The quantitative estimate of drug-likeness (QED) is 0.797. The number of H-pyrrole nitrogens is 1. The van der Waals surface area contributed by atoms with Gasteiger partial charge in [0.25, 0.3) is 0 Å². The Kier molecular flexibility index (Phi) is 3.67. The number of imidazole rings is 1. The summed E-state index contributed by atoms with van der Waals surface area (Å²) in [4.78, 5) is 15.6. The summed E-state index contributed by atoms with van der Waals surface area (Å²) in [5, 5.41) is 3.49. The van der Waals surface area contributed by atoms with Gasteiger partial charge in [0.05, 0.1) is 11.9 Å². The molecule has 3 rings (SSSR count). The number of ether oxygens (including phenoxy) is 1. The number of nitrogens with one attached hydrogen (secondary N) is 2. The summed E-state index contributed by atoms with van der Waals surface area (Å²) in [6.07, 6.45) is 5.58. The van der Waals surface area contributed by atoms with Crippen molar-refractivity contribution >= 4 is 22.9 Å². The van der Waals surface area contributed by atoms with Crippen LogP contribution in [0.3, 0.4) is 0 Å². The lowest BCUT2D eigenvalue weighted by Gasteiger charge is -2.40. The lowest BCUT2D eigenvalue weighted by molar-refractivity contribution is -0.0864. The molecule has 1 saturated heterocycles. The molecule has 1 aliphatic heterocycles. The summed E-state index contributed by atoms with van der Waals surface area (Å²) < 4.78 is 6.01. The third-order valence-corrected chi connectivity index (χ3v) is 4.43. The van der Waals surface area contributed by atoms with E-state index in [0.29, 0.717) is 11.7 Å². The van der Waals surface area contributed by atoms with Gasteiger partial charge in [0.1, 0.15) is 5.52 Å². The molecule has 1 unspecified atom stereocenters. The van der Waals surface area contributed by atoms with Crippen LogP contribution in [-0.4, -0.2) is 38.2 Å². The number of nitrogens with two attached hydrogens (primary N) is 1. The third-order valence-electron chi connectivity index (χ3n) is 4.43. The topological polar surface area (TPSA) is 102 Å². The van der Waals surface area contributed by atoms with Crippen LogP contribution in [0.2, 0.25) is 0 Å². The number of nitrogen functional groups attached to an aromatic ring is 1. The van der Waals surface area contributed by atoms with E-state index in [-0.39, 0.29) is 11.5 Å². The Hall–Kier alpha value is -1.89. The van der Waals surface area contributed by atoms with E-state index >= 15 is 0 Å². The van der Waals surface area contributed by atoms with Gasteiger partial charge in [-0.05, 0) is 25.7 Å². The van der Waals surface area contributed by atoms with Crippen molar-refractivity contribution in [3.63, 3.8) is 0 Å². The molecule has 1 fully saturated rings. The Bertz CT molecular complexity index is 621. The molecule has 3 heterocycles. The zero-order chi connectivity index (χ0) is 14.9. The minimum Gasteiger partial charge on any atom is -0.375 e. The molecule has 21 heavy (non-hydrogen) atoms. The zero-order valence-electron chi connectivity index (χ0n) is 12.5. The van der Waals surface area contributed by atoms with Gasteiger partial charge < -0.3 is 20.8 Å². The summed E-state index contributed by atoms with van der Waals surface area (Å²) in [7, 11) is 0. The molecule has 0 bridgehead atoms. The highest BCUT2D eigenvalue weighted by molar-refractivity contribution is 5.83. The molecule has 1 aliphatic rings. The van der Waals surface area contributed by atoms with Crippen LogP contribution >= 0.6 is 0 Å². The first-order chi connectivity index (χ1) is 10.2. The van der Waals surface area contributed by atoms with Crippen LogP contribution in [0.15, 0.2) is 6.33 Å². The second-order valence-electron chi connectivity index (χ2n) is 5.60. The molecule has 7 heteroatoms. The number of aromatic nitrogens is 4. The first-order valence-corrected chi connectivity index (χ1v) is 7.53. The van der Waals surface area contributed by atoms with Crippen LogP contribution in [0.4, 0.5) is 11.8 Å². The zero-order valence-corrected chi connectivity index (χ0v) is 12.5. The summed E-state index contributed by atoms with van der Waals surface area (Å²) in [5.74, 6) is 0.962. The lowest BCUT2D eigenvalue weighted by Crippen LogP contribution is -2.43. The predicted molar refractivity (Wildman–Crippen MR) is 82.0 cm³/mol. The van der Waals surface area contributed by atoms with Crippen molar-refractivity contribution in [3.05, 3.63) is 6.33 Å². The van der Waals surface area contributed by atoms with Gasteiger partial charge in [0.15, 0.2) is 11.5 Å². The van der Waals surface area contributed by atoms with Crippen LogP contribution in [-0.2, 0) is 4.74 Å². The monoisotopic (exact) mass is 290 g/mol. The van der Waals surface area contributed by atoms with Gasteiger partial charge in [0, 0.05) is 12.6 Å². The van der Waals surface area contributed by atoms with Crippen molar-refractivity contribution in [1.29, 1.82) is 0 Å². The number of rotatable bonds is 4. The maximum Gasteiger partial charge on any atom is 0.224 e. The smallest absolute Gasteiger partial charge is 0.224 e. The first-order valence-electron chi connectivity index (χ1n) is 7.53. The fourth-order valence-corrected chi connectivity index (χ4v) is 3.04. The maximum atomic E-state index is 6.01. The summed E-state index contributed by atoms with van der Waals surface area (Å²) in [5.41, 5.74) is 7.12. The van der Waals surface area contributed by atoms with Crippen LogP contribution in [0, 0.1) is 0 Å². The normalized spacial score (nSPS) is 21.5. The van der Waals surface area contributed by atoms with Gasteiger partial charge in [-0.15, -0.1) is 0 Å². The van der Waals surface area contributed by atoms with E-state index in [0.717, 1.165) is 43.6 Å². The fraction of sp³-hybridized carbons (Fsp3) is 0.643. The molecule has 0 radical (unpaired) electrons. The summed E-state index contributed by atoms with van der Waals surface area (Å²) >= 11 is 0. The van der Waals surface area contributed by atoms with Crippen LogP contribution in [0.1, 0.15) is 39.5 Å². The molecule has 0 spiro atoms. The van der Waals surface area contributed by atoms with Crippen molar-refractivity contribution in [2.45, 2.75) is 51.2 Å². The van der Waals surface area contributed by atoms with Gasteiger partial charge in [-0.25, -0.2) is 4.98 Å². The number of hydrogen-bond donors (Lipinski definition) is 3. The van der Waals surface area contributed by atoms with E-state index in [2.05, 4.69) is 39.1 Å². The van der Waals surface area contributed by atoms with Crippen LogP contribution < -0.4 is 11.1 Å². The molecule has 114 valence electrons. The Morgan fingerprint density at radius 2 is 2.24 bits per heavy atom. The molecule has 0 saturated carbocycles. The molecular formula is C14H22N6O. The molecule has 0 amide bonds. The van der Waals surface area contributed by atoms with E-state index < -0.39 is 0 Å². The third kappa shape index (κ3) is 2.65. The van der Waals surface area contributed by atoms with E-state index in [1.54, 1.807) is 6.33 Å². The van der Waals surface area contributed by atoms with Gasteiger partial charge in [-0.2, -0.15) is 9.97 Å². The Morgan fingerprint density at radius 3 is 3.00 bits per heavy atom. The minimum absolute atomic E-state index is 0.0262. The average molecular weight is 290 g/mol. The first kappa shape index (κ1) is 14.1. The molecule has 0 aromatic carbocycles. The number of aromatic amines is 1. The molecule has 4 N–H and O–H groups in total. The highest BCUT2D eigenvalue weighted by atomic mass is 16.5. The van der Waals surface area contributed by atoms with Crippen molar-refractivity contribution in [2.75, 3.05) is 17.7 Å². The number of nitrogens with zero attached hydrogens (tertiary/aromatic N) is 3. The van der Waals surface area contributed by atoms with Crippen molar-refractivity contribution < 1.29 is 4.74 Å². The highest BCUT2D eigenvalue weighted by Gasteiger charge is 2.34.